The lowest BCUT2D eigenvalue weighted by atomic mass is 9.96. The van der Waals surface area contributed by atoms with E-state index in [2.05, 4.69) is 25.9 Å². The molecule has 0 spiro atoms. The highest BCUT2D eigenvalue weighted by molar-refractivity contribution is 9.10. The van der Waals surface area contributed by atoms with Crippen LogP contribution in [0.1, 0.15) is 58.2 Å². The van der Waals surface area contributed by atoms with E-state index < -0.39 is 22.9 Å². The molecule has 3 rings (SSSR count). The van der Waals surface area contributed by atoms with Crippen molar-refractivity contribution in [3.05, 3.63) is 95.5 Å². The molecule has 0 unspecified atom stereocenters. The number of ketones is 1. The van der Waals surface area contributed by atoms with Crippen molar-refractivity contribution in [1.82, 2.24) is 14.5 Å². The van der Waals surface area contributed by atoms with Crippen molar-refractivity contribution in [1.29, 1.82) is 0 Å². The third-order valence-electron chi connectivity index (χ3n) is 4.91. The maximum absolute atomic E-state index is 13.6. The fourth-order valence-corrected chi connectivity index (χ4v) is 4.21. The van der Waals surface area contributed by atoms with Gasteiger partial charge < -0.3 is 5.73 Å². The molecule has 0 radical (unpaired) electrons. The summed E-state index contributed by atoms with van der Waals surface area (Å²) in [5, 5.41) is 0. The number of hydrogen-bond donors (Lipinski definition) is 2. The number of aromatic amines is 1. The second kappa shape index (κ2) is 9.44. The average Bonchev–Trinajstić information content (AvgIpc) is 2.68. The van der Waals surface area contributed by atoms with E-state index in [0.717, 1.165) is 10.0 Å². The molecule has 1 amide bonds. The molecule has 0 aliphatic rings. The monoisotopic (exact) mass is 498 g/mol. The summed E-state index contributed by atoms with van der Waals surface area (Å²) in [5.74, 6) is -1.26. The van der Waals surface area contributed by atoms with E-state index in [9.17, 15) is 19.2 Å². The predicted molar refractivity (Wildman–Crippen MR) is 124 cm³/mol. The van der Waals surface area contributed by atoms with Gasteiger partial charge in [0.1, 0.15) is 5.69 Å². The molecule has 3 N–H and O–H groups in total. The number of amides is 1. The van der Waals surface area contributed by atoms with E-state index >= 15 is 0 Å². The number of aryl methyl sites for hydroxylation is 1. The van der Waals surface area contributed by atoms with Gasteiger partial charge in [0, 0.05) is 27.5 Å². The zero-order valence-electron chi connectivity index (χ0n) is 17.9. The Labute approximate surface area is 192 Å². The number of hydrogen-bond acceptors (Lipinski definition) is 5. The van der Waals surface area contributed by atoms with Crippen LogP contribution >= 0.6 is 15.9 Å². The van der Waals surface area contributed by atoms with Gasteiger partial charge in [-0.15, -0.1) is 0 Å². The van der Waals surface area contributed by atoms with Crippen molar-refractivity contribution < 1.29 is 9.59 Å². The smallest absolute Gasteiger partial charge is 0.329 e. The molecule has 32 heavy (non-hydrogen) atoms. The number of primary amides is 1. The van der Waals surface area contributed by atoms with Gasteiger partial charge in [-0.1, -0.05) is 29.8 Å². The van der Waals surface area contributed by atoms with Gasteiger partial charge >= 0.3 is 5.69 Å². The first-order valence-electron chi connectivity index (χ1n) is 9.97. The molecule has 0 fully saturated rings. The zero-order valence-corrected chi connectivity index (χ0v) is 19.5. The van der Waals surface area contributed by atoms with Gasteiger partial charge in [0.15, 0.2) is 0 Å². The maximum Gasteiger partial charge on any atom is 0.329 e. The summed E-state index contributed by atoms with van der Waals surface area (Å²) in [6.07, 6.45) is 1.46. The maximum atomic E-state index is 13.6. The Morgan fingerprint density at radius 3 is 2.53 bits per heavy atom. The molecule has 1 aromatic carbocycles. The molecule has 0 bridgehead atoms. The molecule has 0 aliphatic carbocycles. The molecule has 0 aliphatic heterocycles. The number of carbonyl (C=O) groups excluding carboxylic acids is 2. The number of nitrogens with two attached hydrogens (primary N) is 1. The average molecular weight is 499 g/mol. The largest absolute Gasteiger partial charge is 0.369 e. The van der Waals surface area contributed by atoms with Crippen LogP contribution in [-0.4, -0.2) is 26.2 Å². The van der Waals surface area contributed by atoms with Gasteiger partial charge in [-0.2, -0.15) is 0 Å². The van der Waals surface area contributed by atoms with Crippen molar-refractivity contribution in [2.75, 3.05) is 0 Å². The number of rotatable bonds is 7. The standard InChI is InChI=1S/C23H23BrN4O4/c1-12(2)19-20(21(30)15-6-13(3)7-16(24)9-15)28(23(32)27-22(19)31)11-14-4-5-26-17(8-14)10-18(25)29/h4-9,12H,10-11H2,1-3H3,(H2,25,29)(H,27,31,32). The Morgan fingerprint density at radius 1 is 1.19 bits per heavy atom. The second-order valence-corrected chi connectivity index (χ2v) is 8.82. The molecule has 2 aromatic heterocycles. The molecule has 0 saturated heterocycles. The molecular formula is C23H23BrN4O4. The van der Waals surface area contributed by atoms with E-state index in [1.807, 2.05) is 13.0 Å². The van der Waals surface area contributed by atoms with Crippen LogP contribution in [0.5, 0.6) is 0 Å². The minimum absolute atomic E-state index is 0.0116. The van der Waals surface area contributed by atoms with Crippen LogP contribution < -0.4 is 17.0 Å². The number of halogens is 1. The minimum atomic E-state index is -0.692. The van der Waals surface area contributed by atoms with Crippen LogP contribution in [0.3, 0.4) is 0 Å². The van der Waals surface area contributed by atoms with Crippen molar-refractivity contribution >= 4 is 27.6 Å². The summed E-state index contributed by atoms with van der Waals surface area (Å²) in [7, 11) is 0. The van der Waals surface area contributed by atoms with Gasteiger partial charge in [0.25, 0.3) is 5.56 Å². The number of H-pyrrole nitrogens is 1. The third kappa shape index (κ3) is 5.11. The SMILES string of the molecule is Cc1cc(Br)cc(C(=O)c2c(C(C)C)c(=O)[nH]c(=O)n2Cc2ccnc(CC(N)=O)c2)c1. The molecule has 9 heteroatoms. The van der Waals surface area contributed by atoms with Crippen LogP contribution in [-0.2, 0) is 17.8 Å². The van der Waals surface area contributed by atoms with E-state index in [0.29, 0.717) is 16.8 Å². The van der Waals surface area contributed by atoms with Crippen LogP contribution in [0.15, 0.2) is 50.6 Å². The lowest BCUT2D eigenvalue weighted by Crippen LogP contribution is -2.38. The highest BCUT2D eigenvalue weighted by atomic mass is 79.9. The minimum Gasteiger partial charge on any atom is -0.369 e. The van der Waals surface area contributed by atoms with Crippen LogP contribution in [0.2, 0.25) is 0 Å². The molecule has 8 nitrogen and oxygen atoms in total. The number of aromatic nitrogens is 3. The Kier molecular flexibility index (Phi) is 6.88. The van der Waals surface area contributed by atoms with E-state index in [4.69, 9.17) is 5.73 Å². The molecule has 166 valence electrons. The Bertz CT molecular complexity index is 1300. The van der Waals surface area contributed by atoms with Crippen molar-refractivity contribution in [2.45, 2.75) is 39.7 Å². The van der Waals surface area contributed by atoms with Crippen LogP contribution in [0.4, 0.5) is 0 Å². The van der Waals surface area contributed by atoms with Gasteiger partial charge in [-0.05, 0) is 54.3 Å². The van der Waals surface area contributed by atoms with Crippen LogP contribution in [0, 0.1) is 6.92 Å². The van der Waals surface area contributed by atoms with Gasteiger partial charge in [-0.25, -0.2) is 4.79 Å². The lowest BCUT2D eigenvalue weighted by Gasteiger charge is -2.18. The first-order chi connectivity index (χ1) is 15.1. The quantitative estimate of drug-likeness (QED) is 0.483. The lowest BCUT2D eigenvalue weighted by molar-refractivity contribution is -0.117. The van der Waals surface area contributed by atoms with Crippen LogP contribution in [0.25, 0.3) is 0 Å². The van der Waals surface area contributed by atoms with E-state index in [-0.39, 0.29) is 30.1 Å². The topological polar surface area (TPSA) is 128 Å². The normalized spacial score (nSPS) is 11.0. The summed E-state index contributed by atoms with van der Waals surface area (Å²) in [4.78, 5) is 56.8. The Morgan fingerprint density at radius 2 is 1.91 bits per heavy atom. The van der Waals surface area contributed by atoms with Gasteiger partial charge in [0.05, 0.1) is 13.0 Å². The van der Waals surface area contributed by atoms with Gasteiger partial charge in [0.2, 0.25) is 11.7 Å². The number of pyridine rings is 1. The number of nitrogens with one attached hydrogen (secondary N) is 1. The Balaban J connectivity index is 2.22. The van der Waals surface area contributed by atoms with Crippen molar-refractivity contribution in [2.24, 2.45) is 5.73 Å². The summed E-state index contributed by atoms with van der Waals surface area (Å²) >= 11 is 3.40. The highest BCUT2D eigenvalue weighted by Crippen LogP contribution is 2.22. The van der Waals surface area contributed by atoms with E-state index in [1.165, 1.54) is 10.8 Å². The molecular weight excluding hydrogens is 476 g/mol. The van der Waals surface area contributed by atoms with Crippen molar-refractivity contribution in [3.63, 3.8) is 0 Å². The molecule has 2 heterocycles. The molecule has 0 saturated carbocycles. The summed E-state index contributed by atoms with van der Waals surface area (Å²) in [5.41, 5.74) is 6.56. The predicted octanol–water partition coefficient (Wildman–Crippen LogP) is 2.43. The van der Waals surface area contributed by atoms with Crippen molar-refractivity contribution in [3.8, 4) is 0 Å². The number of benzene rings is 1. The first-order valence-corrected chi connectivity index (χ1v) is 10.8. The zero-order chi connectivity index (χ0) is 23.6. The number of carbonyl (C=O) groups is 2. The molecule has 3 aromatic rings. The Hall–Kier alpha value is -3.33. The third-order valence-corrected chi connectivity index (χ3v) is 5.37. The number of nitrogens with zero attached hydrogens (tertiary/aromatic N) is 2. The fourth-order valence-electron chi connectivity index (χ4n) is 3.61. The summed E-state index contributed by atoms with van der Waals surface area (Å²) in [6, 6.07) is 8.56. The second-order valence-electron chi connectivity index (χ2n) is 7.91. The van der Waals surface area contributed by atoms with E-state index in [1.54, 1.807) is 38.1 Å². The highest BCUT2D eigenvalue weighted by Gasteiger charge is 2.25. The fraction of sp³-hybridized carbons (Fsp3) is 0.261. The summed E-state index contributed by atoms with van der Waals surface area (Å²) < 4.78 is 1.98. The molecule has 0 atom stereocenters. The summed E-state index contributed by atoms with van der Waals surface area (Å²) in [6.45, 7) is 5.45. The first kappa shape index (κ1) is 23.3. The van der Waals surface area contributed by atoms with Gasteiger partial charge in [-0.3, -0.25) is 28.9 Å².